The van der Waals surface area contributed by atoms with Crippen molar-refractivity contribution in [2.24, 2.45) is 0 Å². The van der Waals surface area contributed by atoms with Crippen molar-refractivity contribution < 1.29 is 4.74 Å². The summed E-state index contributed by atoms with van der Waals surface area (Å²) in [5.74, 6) is 1.71. The van der Waals surface area contributed by atoms with Crippen LogP contribution in [0.3, 0.4) is 0 Å². The van der Waals surface area contributed by atoms with Gasteiger partial charge in [-0.1, -0.05) is 0 Å². The molecule has 0 aromatic carbocycles. The molecule has 0 fully saturated rings. The molecule has 0 atom stereocenters. The Bertz CT molecular complexity index is 1250. The number of methoxy groups -OCH3 is 1. The second-order valence-corrected chi connectivity index (χ2v) is 6.58. The Morgan fingerprint density at radius 1 is 1.24 bits per heavy atom. The van der Waals surface area contributed by atoms with Crippen LogP contribution in [0.1, 0.15) is 28.6 Å². The van der Waals surface area contributed by atoms with E-state index in [1.54, 1.807) is 37.8 Å². The van der Waals surface area contributed by atoms with Crippen LogP contribution in [0.4, 0.5) is 0 Å². The summed E-state index contributed by atoms with van der Waals surface area (Å²) in [7, 11) is 1.55. The zero-order valence-corrected chi connectivity index (χ0v) is 16.3. The highest BCUT2D eigenvalue weighted by atomic mass is 16.5. The molecule has 8 heteroatoms. The standard InChI is InChI=1S/C21H19N7O/c1-13-7-15(14(2)28(13)12-19-23-5-4-6-24-19)8-16(10-22)21-26-17-9-20(29-3)25-11-18(17)27-21/h4-9,11H,12H2,1-3H3,(H,26,27)/b16-8+. The number of aromatic nitrogens is 6. The molecule has 0 aliphatic heterocycles. The quantitative estimate of drug-likeness (QED) is 0.529. The third kappa shape index (κ3) is 3.58. The Morgan fingerprint density at radius 3 is 2.76 bits per heavy atom. The van der Waals surface area contributed by atoms with Crippen molar-refractivity contribution in [3.8, 4) is 11.9 Å². The summed E-state index contributed by atoms with van der Waals surface area (Å²) in [5, 5.41) is 9.72. The van der Waals surface area contributed by atoms with Gasteiger partial charge in [-0.25, -0.2) is 19.9 Å². The van der Waals surface area contributed by atoms with Gasteiger partial charge in [-0.3, -0.25) is 0 Å². The van der Waals surface area contributed by atoms with E-state index < -0.39 is 0 Å². The molecule has 144 valence electrons. The summed E-state index contributed by atoms with van der Waals surface area (Å²) in [4.78, 5) is 20.4. The van der Waals surface area contributed by atoms with Crippen LogP contribution in [0.2, 0.25) is 0 Å². The van der Waals surface area contributed by atoms with Gasteiger partial charge in [0, 0.05) is 29.8 Å². The third-order valence-corrected chi connectivity index (χ3v) is 4.76. The number of H-pyrrole nitrogens is 1. The number of imidazole rings is 1. The van der Waals surface area contributed by atoms with Crippen molar-refractivity contribution in [1.82, 2.24) is 29.5 Å². The maximum Gasteiger partial charge on any atom is 0.215 e. The fourth-order valence-corrected chi connectivity index (χ4v) is 3.21. The van der Waals surface area contributed by atoms with Crippen molar-refractivity contribution in [1.29, 1.82) is 5.26 Å². The number of pyridine rings is 1. The van der Waals surface area contributed by atoms with E-state index in [-0.39, 0.29) is 0 Å². The van der Waals surface area contributed by atoms with E-state index in [0.717, 1.165) is 28.3 Å². The topological polar surface area (TPSA) is 105 Å². The van der Waals surface area contributed by atoms with Crippen LogP contribution in [0.25, 0.3) is 22.7 Å². The van der Waals surface area contributed by atoms with Gasteiger partial charge in [-0.05, 0) is 37.6 Å². The Balaban J connectivity index is 1.71. The first-order chi connectivity index (χ1) is 14.1. The van der Waals surface area contributed by atoms with E-state index in [4.69, 9.17) is 4.74 Å². The first-order valence-corrected chi connectivity index (χ1v) is 9.03. The molecular weight excluding hydrogens is 366 g/mol. The molecule has 4 rings (SSSR count). The van der Waals surface area contributed by atoms with E-state index in [1.165, 1.54) is 0 Å². The van der Waals surface area contributed by atoms with Gasteiger partial charge in [-0.15, -0.1) is 0 Å². The lowest BCUT2D eigenvalue weighted by Crippen LogP contribution is -2.07. The van der Waals surface area contributed by atoms with Crippen LogP contribution in [0.5, 0.6) is 5.88 Å². The monoisotopic (exact) mass is 385 g/mol. The summed E-state index contributed by atoms with van der Waals surface area (Å²) in [6.07, 6.45) is 6.95. The van der Waals surface area contributed by atoms with Crippen LogP contribution in [-0.4, -0.2) is 36.6 Å². The molecule has 1 N–H and O–H groups in total. The highest BCUT2D eigenvalue weighted by Crippen LogP contribution is 2.24. The van der Waals surface area contributed by atoms with Gasteiger partial charge in [0.1, 0.15) is 17.7 Å². The number of allylic oxidation sites excluding steroid dienone is 1. The van der Waals surface area contributed by atoms with Gasteiger partial charge >= 0.3 is 0 Å². The molecule has 4 aromatic heterocycles. The Kier molecular flexibility index (Phi) is 4.79. The largest absolute Gasteiger partial charge is 0.481 e. The molecule has 0 radical (unpaired) electrons. The Morgan fingerprint density at radius 2 is 2.03 bits per heavy atom. The molecule has 0 amide bonds. The van der Waals surface area contributed by atoms with Gasteiger partial charge in [0.25, 0.3) is 0 Å². The molecule has 0 bridgehead atoms. The lowest BCUT2D eigenvalue weighted by Gasteiger charge is -2.08. The first kappa shape index (κ1) is 18.4. The zero-order chi connectivity index (χ0) is 20.4. The normalized spacial score (nSPS) is 11.6. The van der Waals surface area contributed by atoms with E-state index in [0.29, 0.717) is 29.3 Å². The van der Waals surface area contributed by atoms with Crippen molar-refractivity contribution in [2.45, 2.75) is 20.4 Å². The van der Waals surface area contributed by atoms with Crippen molar-refractivity contribution in [3.05, 3.63) is 65.4 Å². The van der Waals surface area contributed by atoms with Gasteiger partial charge in [0.15, 0.2) is 0 Å². The molecule has 4 heterocycles. The SMILES string of the molecule is COc1cc2nc(/C(C#N)=C/c3cc(C)n(Cc4ncccn4)c3C)[nH]c2cn1. The zero-order valence-electron chi connectivity index (χ0n) is 16.3. The molecule has 0 aliphatic rings. The number of aryl methyl sites for hydroxylation is 1. The number of aromatic amines is 1. The predicted octanol–water partition coefficient (Wildman–Crippen LogP) is 3.29. The fraction of sp³-hybridized carbons (Fsp3) is 0.190. The average Bonchev–Trinajstić information content (AvgIpc) is 3.28. The Hall–Kier alpha value is -3.99. The average molecular weight is 385 g/mol. The summed E-state index contributed by atoms with van der Waals surface area (Å²) < 4.78 is 7.27. The van der Waals surface area contributed by atoms with Gasteiger partial charge in [0.2, 0.25) is 5.88 Å². The van der Waals surface area contributed by atoms with Crippen LogP contribution in [0.15, 0.2) is 36.8 Å². The number of hydrogen-bond donors (Lipinski definition) is 1. The van der Waals surface area contributed by atoms with Crippen molar-refractivity contribution in [3.63, 3.8) is 0 Å². The minimum absolute atomic E-state index is 0.441. The first-order valence-electron chi connectivity index (χ1n) is 9.03. The number of fused-ring (bicyclic) bond motifs is 1. The van der Waals surface area contributed by atoms with Crippen molar-refractivity contribution in [2.75, 3.05) is 7.11 Å². The number of nitrogens with zero attached hydrogens (tertiary/aromatic N) is 6. The lowest BCUT2D eigenvalue weighted by atomic mass is 10.1. The van der Waals surface area contributed by atoms with Crippen LogP contribution >= 0.6 is 0 Å². The molecule has 0 aliphatic carbocycles. The molecule has 0 unspecified atom stereocenters. The van der Waals surface area contributed by atoms with Crippen LogP contribution in [0, 0.1) is 25.2 Å². The summed E-state index contributed by atoms with van der Waals surface area (Å²) in [5.41, 5.74) is 4.93. The van der Waals surface area contributed by atoms with Crippen LogP contribution in [-0.2, 0) is 6.54 Å². The highest BCUT2D eigenvalue weighted by Gasteiger charge is 2.13. The smallest absolute Gasteiger partial charge is 0.215 e. The molecule has 8 nitrogen and oxygen atoms in total. The summed E-state index contributed by atoms with van der Waals surface area (Å²) >= 11 is 0. The Labute approximate surface area is 167 Å². The molecule has 0 saturated heterocycles. The number of nitriles is 1. The van der Waals surface area contributed by atoms with Gasteiger partial charge < -0.3 is 14.3 Å². The van der Waals surface area contributed by atoms with E-state index in [9.17, 15) is 5.26 Å². The van der Waals surface area contributed by atoms with Gasteiger partial charge in [-0.2, -0.15) is 5.26 Å². The van der Waals surface area contributed by atoms with Crippen molar-refractivity contribution >= 4 is 22.7 Å². The molecule has 29 heavy (non-hydrogen) atoms. The summed E-state index contributed by atoms with van der Waals surface area (Å²) in [6.45, 7) is 4.62. The minimum atomic E-state index is 0.441. The maximum atomic E-state index is 9.72. The lowest BCUT2D eigenvalue weighted by molar-refractivity contribution is 0.398. The maximum absolute atomic E-state index is 9.72. The second-order valence-electron chi connectivity index (χ2n) is 6.58. The predicted molar refractivity (Wildman–Crippen MR) is 109 cm³/mol. The summed E-state index contributed by atoms with van der Waals surface area (Å²) in [6, 6.07) is 7.82. The highest BCUT2D eigenvalue weighted by molar-refractivity contribution is 5.90. The number of ether oxygens (including phenoxy) is 1. The molecular formula is C21H19N7O. The third-order valence-electron chi connectivity index (χ3n) is 4.76. The number of rotatable bonds is 5. The molecule has 0 spiro atoms. The van der Waals surface area contributed by atoms with E-state index >= 15 is 0 Å². The number of hydrogen-bond acceptors (Lipinski definition) is 6. The minimum Gasteiger partial charge on any atom is -0.481 e. The molecule has 4 aromatic rings. The molecule has 0 saturated carbocycles. The van der Waals surface area contributed by atoms with E-state index in [1.807, 2.05) is 26.0 Å². The van der Waals surface area contributed by atoms with E-state index in [2.05, 4.69) is 35.6 Å². The fourth-order valence-electron chi connectivity index (χ4n) is 3.21. The van der Waals surface area contributed by atoms with Crippen LogP contribution < -0.4 is 4.74 Å². The number of nitrogens with one attached hydrogen (secondary N) is 1. The van der Waals surface area contributed by atoms with Gasteiger partial charge in [0.05, 0.1) is 36.5 Å². The second kappa shape index (κ2) is 7.56.